The van der Waals surface area contributed by atoms with E-state index in [0.29, 0.717) is 0 Å². The maximum absolute atomic E-state index is 5.85. The standard InChI is InChI=1S/C15H18ClNOS/c1-19-11-15-7-6-14(18-15)10-17-9-8-12-2-4-13(16)5-3-12/h2-7,17H,8-11H2,1H3. The van der Waals surface area contributed by atoms with Gasteiger partial charge in [0, 0.05) is 5.02 Å². The van der Waals surface area contributed by atoms with Crippen LogP contribution in [0.5, 0.6) is 0 Å². The van der Waals surface area contributed by atoms with Gasteiger partial charge in [-0.25, -0.2) is 0 Å². The molecule has 102 valence electrons. The van der Waals surface area contributed by atoms with Gasteiger partial charge in [-0.1, -0.05) is 23.7 Å². The van der Waals surface area contributed by atoms with E-state index in [1.54, 1.807) is 11.8 Å². The zero-order valence-corrected chi connectivity index (χ0v) is 12.6. The van der Waals surface area contributed by atoms with Gasteiger partial charge in [-0.2, -0.15) is 11.8 Å². The lowest BCUT2D eigenvalue weighted by Gasteiger charge is -2.03. The van der Waals surface area contributed by atoms with Crippen molar-refractivity contribution in [3.05, 3.63) is 58.5 Å². The Morgan fingerprint density at radius 3 is 2.58 bits per heavy atom. The summed E-state index contributed by atoms with van der Waals surface area (Å²) in [6.45, 7) is 1.71. The van der Waals surface area contributed by atoms with Crippen molar-refractivity contribution in [2.24, 2.45) is 0 Å². The van der Waals surface area contributed by atoms with E-state index >= 15 is 0 Å². The molecule has 2 rings (SSSR count). The molecule has 1 heterocycles. The average molecular weight is 296 g/mol. The smallest absolute Gasteiger partial charge is 0.117 e. The van der Waals surface area contributed by atoms with Crippen LogP contribution in [-0.4, -0.2) is 12.8 Å². The van der Waals surface area contributed by atoms with Crippen molar-refractivity contribution in [3.63, 3.8) is 0 Å². The molecule has 1 N–H and O–H groups in total. The third kappa shape index (κ3) is 4.94. The molecule has 0 aliphatic rings. The van der Waals surface area contributed by atoms with Gasteiger partial charge in [0.2, 0.25) is 0 Å². The average Bonchev–Trinajstić information content (AvgIpc) is 2.85. The zero-order chi connectivity index (χ0) is 13.5. The van der Waals surface area contributed by atoms with Crippen molar-refractivity contribution in [1.29, 1.82) is 0 Å². The number of hydrogen-bond acceptors (Lipinski definition) is 3. The van der Waals surface area contributed by atoms with Gasteiger partial charge in [-0.05, 0) is 49.1 Å². The van der Waals surface area contributed by atoms with Crippen molar-refractivity contribution < 1.29 is 4.42 Å². The molecular formula is C15H18ClNOS. The Labute approximate surface area is 123 Å². The van der Waals surface area contributed by atoms with Crippen LogP contribution < -0.4 is 5.32 Å². The first-order valence-electron chi connectivity index (χ1n) is 6.29. The molecule has 19 heavy (non-hydrogen) atoms. The number of hydrogen-bond donors (Lipinski definition) is 1. The monoisotopic (exact) mass is 295 g/mol. The Bertz CT molecular complexity index is 495. The molecule has 0 saturated heterocycles. The molecule has 0 saturated carbocycles. The van der Waals surface area contributed by atoms with Crippen LogP contribution >= 0.6 is 23.4 Å². The molecule has 0 aliphatic carbocycles. The minimum atomic E-state index is 0.780. The Hall–Kier alpha value is -0.900. The van der Waals surface area contributed by atoms with Crippen molar-refractivity contribution in [1.82, 2.24) is 5.32 Å². The van der Waals surface area contributed by atoms with Gasteiger partial charge in [0.25, 0.3) is 0 Å². The summed E-state index contributed by atoms with van der Waals surface area (Å²) in [6, 6.07) is 12.1. The molecule has 2 aromatic rings. The highest BCUT2D eigenvalue weighted by Gasteiger charge is 2.01. The molecule has 0 amide bonds. The fourth-order valence-electron chi connectivity index (χ4n) is 1.83. The predicted molar refractivity (Wildman–Crippen MR) is 82.8 cm³/mol. The molecule has 0 atom stereocenters. The fraction of sp³-hybridized carbons (Fsp3) is 0.333. The maximum atomic E-state index is 5.85. The van der Waals surface area contributed by atoms with E-state index in [-0.39, 0.29) is 0 Å². The van der Waals surface area contributed by atoms with Crippen LogP contribution in [0.1, 0.15) is 17.1 Å². The summed E-state index contributed by atoms with van der Waals surface area (Å²) in [5.41, 5.74) is 1.29. The highest BCUT2D eigenvalue weighted by atomic mass is 35.5. The summed E-state index contributed by atoms with van der Waals surface area (Å²) in [5, 5.41) is 4.17. The van der Waals surface area contributed by atoms with Crippen molar-refractivity contribution in [3.8, 4) is 0 Å². The maximum Gasteiger partial charge on any atom is 0.117 e. The zero-order valence-electron chi connectivity index (χ0n) is 11.0. The van der Waals surface area contributed by atoms with E-state index in [0.717, 1.165) is 41.8 Å². The van der Waals surface area contributed by atoms with Crippen LogP contribution in [0.25, 0.3) is 0 Å². The first-order chi connectivity index (χ1) is 9.28. The van der Waals surface area contributed by atoms with Crippen LogP contribution in [-0.2, 0) is 18.7 Å². The summed E-state index contributed by atoms with van der Waals surface area (Å²) in [6.07, 6.45) is 3.07. The van der Waals surface area contributed by atoms with Crippen molar-refractivity contribution in [2.45, 2.75) is 18.7 Å². The molecule has 4 heteroatoms. The second kappa shape index (κ2) is 7.63. The lowest BCUT2D eigenvalue weighted by atomic mass is 10.1. The molecule has 0 radical (unpaired) electrons. The van der Waals surface area contributed by atoms with E-state index in [1.165, 1.54) is 5.56 Å². The topological polar surface area (TPSA) is 25.2 Å². The number of thioether (sulfide) groups is 1. The van der Waals surface area contributed by atoms with Gasteiger partial charge < -0.3 is 9.73 Å². The Balaban J connectivity index is 1.69. The number of benzene rings is 1. The third-order valence-electron chi connectivity index (χ3n) is 2.81. The number of halogens is 1. The third-order valence-corrected chi connectivity index (χ3v) is 3.63. The molecular weight excluding hydrogens is 278 g/mol. The molecule has 0 aliphatic heterocycles. The lowest BCUT2D eigenvalue weighted by molar-refractivity contribution is 0.460. The summed E-state index contributed by atoms with van der Waals surface area (Å²) in [4.78, 5) is 0. The largest absolute Gasteiger partial charge is 0.464 e. The number of nitrogens with one attached hydrogen (secondary N) is 1. The van der Waals surface area contributed by atoms with Crippen molar-refractivity contribution in [2.75, 3.05) is 12.8 Å². The minimum Gasteiger partial charge on any atom is -0.464 e. The number of rotatable bonds is 7. The normalized spacial score (nSPS) is 10.8. The summed E-state index contributed by atoms with van der Waals surface area (Å²) in [5.74, 6) is 2.98. The van der Waals surface area contributed by atoms with Crippen LogP contribution in [0.15, 0.2) is 40.8 Å². The minimum absolute atomic E-state index is 0.780. The molecule has 0 spiro atoms. The van der Waals surface area contributed by atoms with Crippen LogP contribution in [0.3, 0.4) is 0 Å². The molecule has 0 unspecified atom stereocenters. The van der Waals surface area contributed by atoms with Crippen LogP contribution in [0.2, 0.25) is 5.02 Å². The molecule has 2 nitrogen and oxygen atoms in total. The molecule has 0 bridgehead atoms. The Morgan fingerprint density at radius 1 is 1.11 bits per heavy atom. The van der Waals surface area contributed by atoms with E-state index in [9.17, 15) is 0 Å². The SMILES string of the molecule is CSCc1ccc(CNCCc2ccc(Cl)cc2)o1. The Kier molecular flexibility index (Phi) is 5.83. The van der Waals surface area contributed by atoms with Crippen LogP contribution in [0.4, 0.5) is 0 Å². The summed E-state index contributed by atoms with van der Waals surface area (Å²) >= 11 is 7.62. The quantitative estimate of drug-likeness (QED) is 0.778. The van der Waals surface area contributed by atoms with Gasteiger partial charge in [0.1, 0.15) is 11.5 Å². The summed E-state index contributed by atoms with van der Waals surface area (Å²) < 4.78 is 5.69. The first kappa shape index (κ1) is 14.5. The fourth-order valence-corrected chi connectivity index (χ4v) is 2.40. The van der Waals surface area contributed by atoms with Gasteiger partial charge in [-0.15, -0.1) is 0 Å². The van der Waals surface area contributed by atoms with E-state index in [1.807, 2.05) is 24.3 Å². The second-order valence-corrected chi connectivity index (χ2v) is 5.66. The number of furan rings is 1. The van der Waals surface area contributed by atoms with Crippen LogP contribution in [0, 0.1) is 0 Å². The summed E-state index contributed by atoms with van der Waals surface area (Å²) in [7, 11) is 0. The Morgan fingerprint density at radius 2 is 1.84 bits per heavy atom. The second-order valence-electron chi connectivity index (χ2n) is 4.35. The van der Waals surface area contributed by atoms with Gasteiger partial charge in [0.05, 0.1) is 12.3 Å². The van der Waals surface area contributed by atoms with Gasteiger partial charge in [0.15, 0.2) is 0 Å². The first-order valence-corrected chi connectivity index (χ1v) is 8.07. The van der Waals surface area contributed by atoms with Crippen molar-refractivity contribution >= 4 is 23.4 Å². The lowest BCUT2D eigenvalue weighted by Crippen LogP contribution is -2.16. The highest BCUT2D eigenvalue weighted by Crippen LogP contribution is 2.13. The predicted octanol–water partition coefficient (Wildman–Crippen LogP) is 4.13. The molecule has 1 aromatic carbocycles. The highest BCUT2D eigenvalue weighted by molar-refractivity contribution is 7.97. The van der Waals surface area contributed by atoms with E-state index in [4.69, 9.17) is 16.0 Å². The van der Waals surface area contributed by atoms with E-state index < -0.39 is 0 Å². The van der Waals surface area contributed by atoms with E-state index in [2.05, 4.69) is 23.7 Å². The van der Waals surface area contributed by atoms with Gasteiger partial charge in [-0.3, -0.25) is 0 Å². The van der Waals surface area contributed by atoms with Gasteiger partial charge >= 0.3 is 0 Å². The molecule has 1 aromatic heterocycles. The molecule has 0 fully saturated rings.